The Morgan fingerprint density at radius 3 is 2.77 bits per heavy atom. The molecule has 7 heteroatoms. The number of rotatable bonds is 6. The molecule has 22 heavy (non-hydrogen) atoms. The van der Waals surface area contributed by atoms with E-state index in [1.54, 1.807) is 18.2 Å². The zero-order chi connectivity index (χ0) is 16.3. The molecule has 1 heterocycles. The van der Waals surface area contributed by atoms with Gasteiger partial charge in [-0.25, -0.2) is 8.42 Å². The molecule has 2 rings (SSSR count). The summed E-state index contributed by atoms with van der Waals surface area (Å²) in [4.78, 5) is 12.2. The molecule has 0 aliphatic carbocycles. The molecule has 1 aromatic carbocycles. The molecule has 1 aliphatic heterocycles. The maximum absolute atomic E-state index is 12.2. The molecule has 1 aliphatic rings. The number of carbonyl (C=O) groups excluding carboxylic acids is 1. The van der Waals surface area contributed by atoms with Crippen molar-refractivity contribution in [3.05, 3.63) is 29.3 Å². The summed E-state index contributed by atoms with van der Waals surface area (Å²) in [6, 6.07) is 5.39. The monoisotopic (exact) mass is 325 g/mol. The lowest BCUT2D eigenvalue weighted by atomic mass is 10.1. The van der Waals surface area contributed by atoms with Gasteiger partial charge in [0.1, 0.15) is 0 Å². The third-order valence-corrected chi connectivity index (χ3v) is 4.90. The highest BCUT2D eigenvalue weighted by Gasteiger charge is 2.26. The van der Waals surface area contributed by atoms with Crippen LogP contribution >= 0.6 is 0 Å². The zero-order valence-corrected chi connectivity index (χ0v) is 14.0. The maximum atomic E-state index is 12.2. The molecule has 0 saturated carbocycles. The van der Waals surface area contributed by atoms with Crippen molar-refractivity contribution >= 4 is 21.6 Å². The highest BCUT2D eigenvalue weighted by atomic mass is 32.2. The lowest BCUT2D eigenvalue weighted by Gasteiger charge is -2.17. The SMILES string of the molecule is CCN[C@H](C)CNC(=O)c1ccc2c(c1)CCN2S(C)(=O)=O. The normalized spacial score (nSPS) is 15.5. The van der Waals surface area contributed by atoms with Crippen LogP contribution in [0, 0.1) is 0 Å². The molecule has 122 valence electrons. The Balaban J connectivity index is 2.08. The molecule has 1 atom stereocenters. The summed E-state index contributed by atoms with van der Waals surface area (Å²) in [7, 11) is -3.25. The molecular formula is C15H23N3O3S. The predicted octanol–water partition coefficient (Wildman–Crippen LogP) is 0.736. The highest BCUT2D eigenvalue weighted by Crippen LogP contribution is 2.30. The fraction of sp³-hybridized carbons (Fsp3) is 0.533. The van der Waals surface area contributed by atoms with E-state index in [1.165, 1.54) is 10.6 Å². The van der Waals surface area contributed by atoms with E-state index in [-0.39, 0.29) is 11.9 Å². The first-order valence-corrected chi connectivity index (χ1v) is 9.30. The Morgan fingerprint density at radius 2 is 2.14 bits per heavy atom. The van der Waals surface area contributed by atoms with Crippen molar-refractivity contribution in [1.29, 1.82) is 0 Å². The van der Waals surface area contributed by atoms with E-state index >= 15 is 0 Å². The molecule has 0 bridgehead atoms. The Hall–Kier alpha value is -1.60. The van der Waals surface area contributed by atoms with Crippen LogP contribution in [0.1, 0.15) is 29.8 Å². The van der Waals surface area contributed by atoms with Gasteiger partial charge in [0.2, 0.25) is 10.0 Å². The molecule has 1 aromatic rings. The average Bonchev–Trinajstić information content (AvgIpc) is 2.88. The number of benzene rings is 1. The van der Waals surface area contributed by atoms with E-state index in [1.807, 2.05) is 13.8 Å². The lowest BCUT2D eigenvalue weighted by Crippen LogP contribution is -2.38. The number of nitrogens with zero attached hydrogens (tertiary/aromatic N) is 1. The number of sulfonamides is 1. The second-order valence-electron chi connectivity index (χ2n) is 5.60. The predicted molar refractivity (Wildman–Crippen MR) is 87.8 cm³/mol. The van der Waals surface area contributed by atoms with Gasteiger partial charge in [-0.05, 0) is 43.7 Å². The van der Waals surface area contributed by atoms with Gasteiger partial charge < -0.3 is 10.6 Å². The molecule has 6 nitrogen and oxygen atoms in total. The molecule has 0 unspecified atom stereocenters. The molecule has 0 spiro atoms. The van der Waals surface area contributed by atoms with Gasteiger partial charge >= 0.3 is 0 Å². The maximum Gasteiger partial charge on any atom is 0.251 e. The Kier molecular flexibility index (Phi) is 5.08. The summed E-state index contributed by atoms with van der Waals surface area (Å²) in [6.07, 6.45) is 1.84. The minimum atomic E-state index is -3.25. The van der Waals surface area contributed by atoms with Crippen LogP contribution in [-0.4, -0.2) is 46.3 Å². The Labute approximate surface area is 131 Å². The van der Waals surface area contributed by atoms with Gasteiger partial charge in [-0.2, -0.15) is 0 Å². The highest BCUT2D eigenvalue weighted by molar-refractivity contribution is 7.92. The summed E-state index contributed by atoms with van der Waals surface area (Å²) in [6.45, 7) is 5.88. The molecule has 0 fully saturated rings. The molecule has 1 amide bonds. The quantitative estimate of drug-likeness (QED) is 0.808. The van der Waals surface area contributed by atoms with Crippen LogP contribution in [-0.2, 0) is 16.4 Å². The first-order valence-electron chi connectivity index (χ1n) is 7.45. The lowest BCUT2D eigenvalue weighted by molar-refractivity contribution is 0.0950. The van der Waals surface area contributed by atoms with Gasteiger partial charge in [-0.3, -0.25) is 9.10 Å². The van der Waals surface area contributed by atoms with Crippen LogP contribution in [0.25, 0.3) is 0 Å². The first kappa shape index (κ1) is 16.8. The van der Waals surface area contributed by atoms with Gasteiger partial charge in [-0.15, -0.1) is 0 Å². The van der Waals surface area contributed by atoms with Crippen LogP contribution in [0.4, 0.5) is 5.69 Å². The number of nitrogens with one attached hydrogen (secondary N) is 2. The molecule has 0 radical (unpaired) electrons. The van der Waals surface area contributed by atoms with E-state index in [4.69, 9.17) is 0 Å². The van der Waals surface area contributed by atoms with Gasteiger partial charge in [0.05, 0.1) is 11.9 Å². The van der Waals surface area contributed by atoms with Gasteiger partial charge in [0, 0.05) is 24.7 Å². The van der Waals surface area contributed by atoms with Crippen molar-refractivity contribution in [2.24, 2.45) is 0 Å². The van der Waals surface area contributed by atoms with Gasteiger partial charge in [-0.1, -0.05) is 6.92 Å². The van der Waals surface area contributed by atoms with Crippen LogP contribution in [0.3, 0.4) is 0 Å². The fourth-order valence-electron chi connectivity index (χ4n) is 2.63. The van der Waals surface area contributed by atoms with E-state index in [9.17, 15) is 13.2 Å². The van der Waals surface area contributed by atoms with E-state index in [0.717, 1.165) is 12.1 Å². The van der Waals surface area contributed by atoms with Crippen LogP contribution in [0.15, 0.2) is 18.2 Å². The van der Waals surface area contributed by atoms with Gasteiger partial charge in [0.25, 0.3) is 5.91 Å². The number of likely N-dealkylation sites (N-methyl/N-ethyl adjacent to an activating group) is 1. The van der Waals surface area contributed by atoms with Crippen molar-refractivity contribution in [3.63, 3.8) is 0 Å². The number of anilines is 1. The van der Waals surface area contributed by atoms with E-state index in [0.29, 0.717) is 30.8 Å². The average molecular weight is 325 g/mol. The summed E-state index contributed by atoms with van der Waals surface area (Å²) in [5, 5.41) is 6.11. The summed E-state index contributed by atoms with van der Waals surface area (Å²) >= 11 is 0. The van der Waals surface area contributed by atoms with E-state index < -0.39 is 10.0 Å². The number of carbonyl (C=O) groups is 1. The molecule has 0 aromatic heterocycles. The summed E-state index contributed by atoms with van der Waals surface area (Å²) in [5.74, 6) is -0.134. The Bertz CT molecular complexity index is 658. The third kappa shape index (κ3) is 3.78. The van der Waals surface area contributed by atoms with E-state index in [2.05, 4.69) is 10.6 Å². The first-order chi connectivity index (χ1) is 10.3. The number of hydrogen-bond donors (Lipinski definition) is 2. The second-order valence-corrected chi connectivity index (χ2v) is 7.50. The fourth-order valence-corrected chi connectivity index (χ4v) is 3.58. The number of fused-ring (bicyclic) bond motifs is 1. The molecular weight excluding hydrogens is 302 g/mol. The molecule has 2 N–H and O–H groups in total. The summed E-state index contributed by atoms with van der Waals surface area (Å²) in [5.41, 5.74) is 2.15. The zero-order valence-electron chi connectivity index (χ0n) is 13.2. The topological polar surface area (TPSA) is 78.5 Å². The number of amides is 1. The van der Waals surface area contributed by atoms with Crippen LogP contribution in [0.2, 0.25) is 0 Å². The minimum Gasteiger partial charge on any atom is -0.350 e. The minimum absolute atomic E-state index is 0.134. The van der Waals surface area contributed by atoms with Crippen molar-refractivity contribution < 1.29 is 13.2 Å². The van der Waals surface area contributed by atoms with Gasteiger partial charge in [0.15, 0.2) is 0 Å². The van der Waals surface area contributed by atoms with Crippen molar-refractivity contribution in [3.8, 4) is 0 Å². The van der Waals surface area contributed by atoms with Crippen molar-refractivity contribution in [2.45, 2.75) is 26.3 Å². The smallest absolute Gasteiger partial charge is 0.251 e. The van der Waals surface area contributed by atoms with Crippen LogP contribution < -0.4 is 14.9 Å². The third-order valence-electron chi connectivity index (χ3n) is 3.72. The molecule has 0 saturated heterocycles. The number of hydrogen-bond acceptors (Lipinski definition) is 4. The van der Waals surface area contributed by atoms with Crippen molar-refractivity contribution in [1.82, 2.24) is 10.6 Å². The second kappa shape index (κ2) is 6.66. The Morgan fingerprint density at radius 1 is 1.41 bits per heavy atom. The summed E-state index contributed by atoms with van der Waals surface area (Å²) < 4.78 is 24.8. The largest absolute Gasteiger partial charge is 0.350 e. The standard InChI is InChI=1S/C15H23N3O3S/c1-4-16-11(2)10-17-15(19)13-5-6-14-12(9-13)7-8-18(14)22(3,20)21/h5-6,9,11,16H,4,7-8,10H2,1-3H3,(H,17,19)/t11-/m1/s1. The van der Waals surface area contributed by atoms with Crippen molar-refractivity contribution in [2.75, 3.05) is 30.2 Å². The van der Waals surface area contributed by atoms with Crippen LogP contribution in [0.5, 0.6) is 0 Å².